The smallest absolute Gasteiger partial charge is 0.249 e. The first kappa shape index (κ1) is 23.1. The number of nitrogens with zero attached hydrogens (tertiary/aromatic N) is 4. The number of unbranched alkanes of at least 4 members (excludes halogenated alkanes) is 5. The highest BCUT2D eigenvalue weighted by Crippen LogP contribution is 2.32. The van der Waals surface area contributed by atoms with Crippen LogP contribution >= 0.6 is 12.4 Å². The van der Waals surface area contributed by atoms with E-state index in [1.165, 1.54) is 49.4 Å². The Balaban J connectivity index is 0.00000272. The summed E-state index contributed by atoms with van der Waals surface area (Å²) in [4.78, 5) is 6.46. The summed E-state index contributed by atoms with van der Waals surface area (Å²) >= 11 is 0. The highest BCUT2D eigenvalue weighted by atomic mass is 35.5. The van der Waals surface area contributed by atoms with Crippen molar-refractivity contribution in [1.82, 2.24) is 19.6 Å². The van der Waals surface area contributed by atoms with Crippen molar-refractivity contribution in [3.8, 4) is 11.4 Å². The van der Waals surface area contributed by atoms with Crippen LogP contribution in [0.5, 0.6) is 0 Å². The number of aromatic nitrogens is 3. The number of hydrogen-bond acceptors (Lipinski definition) is 4. The third-order valence-corrected chi connectivity index (χ3v) is 6.07. The zero-order valence-electron chi connectivity index (χ0n) is 18.2. The molecule has 4 rings (SSSR count). The van der Waals surface area contributed by atoms with Crippen molar-refractivity contribution in [2.75, 3.05) is 6.54 Å². The average molecular weight is 445 g/mol. The van der Waals surface area contributed by atoms with Gasteiger partial charge in [0.15, 0.2) is 5.96 Å². The molecule has 7 nitrogen and oxygen atoms in total. The quantitative estimate of drug-likeness (QED) is 0.258. The Labute approximate surface area is 189 Å². The molecular formula is C23H33ClN6O. The maximum absolute atomic E-state index is 7.75. The fourth-order valence-electron chi connectivity index (χ4n) is 4.38. The Bertz CT molecular complexity index is 997. The fraction of sp³-hybridized carbons (Fsp3) is 0.522. The lowest BCUT2D eigenvalue weighted by Crippen LogP contribution is -2.35. The summed E-state index contributed by atoms with van der Waals surface area (Å²) in [6.45, 7) is 4.05. The molecule has 1 aliphatic rings. The van der Waals surface area contributed by atoms with Gasteiger partial charge in [0, 0.05) is 30.4 Å². The van der Waals surface area contributed by atoms with Crippen LogP contribution in [0.1, 0.15) is 70.2 Å². The van der Waals surface area contributed by atoms with Crippen molar-refractivity contribution in [2.45, 2.75) is 70.9 Å². The maximum atomic E-state index is 7.75. The van der Waals surface area contributed by atoms with E-state index in [0.717, 1.165) is 31.5 Å². The van der Waals surface area contributed by atoms with Gasteiger partial charge in [0.1, 0.15) is 6.04 Å². The van der Waals surface area contributed by atoms with Gasteiger partial charge in [-0.2, -0.15) is 4.98 Å². The molecule has 0 bridgehead atoms. The van der Waals surface area contributed by atoms with Crippen LogP contribution in [0.3, 0.4) is 0 Å². The van der Waals surface area contributed by atoms with Crippen LogP contribution in [0, 0.1) is 5.41 Å². The van der Waals surface area contributed by atoms with Crippen molar-refractivity contribution in [2.24, 2.45) is 5.73 Å². The minimum absolute atomic E-state index is 0. The Kier molecular flexibility index (Phi) is 7.96. The molecule has 3 N–H and O–H groups in total. The van der Waals surface area contributed by atoms with Gasteiger partial charge in [-0.3, -0.25) is 5.41 Å². The zero-order valence-corrected chi connectivity index (χ0v) is 19.0. The van der Waals surface area contributed by atoms with E-state index < -0.39 is 0 Å². The third kappa shape index (κ3) is 5.21. The molecule has 1 fully saturated rings. The standard InChI is InChI=1S/C23H32N6O.ClH/c1-2-3-4-5-6-7-13-28-15-12-17-10-11-18(16-20(17)28)21-26-22(30-27-21)19-9-8-14-29(19)23(24)25;/h10-12,15-16,19H,2-9,13-14H2,1H3,(H3,24,25);1H/t19-;/m0./s1. The van der Waals surface area contributed by atoms with Crippen molar-refractivity contribution < 1.29 is 4.52 Å². The van der Waals surface area contributed by atoms with Crippen LogP contribution in [0.2, 0.25) is 0 Å². The topological polar surface area (TPSA) is 97.0 Å². The minimum Gasteiger partial charge on any atom is -0.370 e. The van der Waals surface area contributed by atoms with Crippen LogP contribution in [-0.4, -0.2) is 32.1 Å². The average Bonchev–Trinajstić information content (AvgIpc) is 3.49. The SMILES string of the molecule is CCCCCCCCn1ccc2ccc(-c3noc([C@@H]4CCCN4C(=N)N)n3)cc21.Cl. The van der Waals surface area contributed by atoms with Crippen LogP contribution in [0.15, 0.2) is 35.0 Å². The van der Waals surface area contributed by atoms with E-state index in [2.05, 4.69) is 46.0 Å². The number of likely N-dealkylation sites (tertiary alicyclic amines) is 1. The molecule has 1 aromatic carbocycles. The molecule has 1 atom stereocenters. The lowest BCUT2D eigenvalue weighted by molar-refractivity contribution is 0.283. The van der Waals surface area contributed by atoms with Gasteiger partial charge in [-0.05, 0) is 36.8 Å². The third-order valence-electron chi connectivity index (χ3n) is 6.07. The highest BCUT2D eigenvalue weighted by Gasteiger charge is 2.31. The minimum atomic E-state index is -0.0935. The van der Waals surface area contributed by atoms with Crippen molar-refractivity contribution >= 4 is 29.3 Å². The van der Waals surface area contributed by atoms with Gasteiger partial charge >= 0.3 is 0 Å². The molecule has 1 saturated heterocycles. The Morgan fingerprint density at radius 2 is 2.00 bits per heavy atom. The first-order valence-electron chi connectivity index (χ1n) is 11.2. The van der Waals surface area contributed by atoms with Gasteiger partial charge in [-0.25, -0.2) is 0 Å². The summed E-state index contributed by atoms with van der Waals surface area (Å²) in [5.41, 5.74) is 7.86. The normalized spacial score (nSPS) is 16.0. The Hall–Kier alpha value is -2.54. The largest absolute Gasteiger partial charge is 0.370 e. The molecular weight excluding hydrogens is 412 g/mol. The molecule has 0 aliphatic carbocycles. The summed E-state index contributed by atoms with van der Waals surface area (Å²) in [7, 11) is 0. The maximum Gasteiger partial charge on any atom is 0.249 e. The van der Waals surface area contributed by atoms with Gasteiger partial charge in [-0.15, -0.1) is 12.4 Å². The number of halogens is 1. The predicted octanol–water partition coefficient (Wildman–Crippen LogP) is 5.50. The van der Waals surface area contributed by atoms with Gasteiger partial charge < -0.3 is 19.7 Å². The van der Waals surface area contributed by atoms with E-state index in [4.69, 9.17) is 15.7 Å². The van der Waals surface area contributed by atoms with E-state index >= 15 is 0 Å². The van der Waals surface area contributed by atoms with Gasteiger partial charge in [0.25, 0.3) is 0 Å². The zero-order chi connectivity index (χ0) is 20.9. The Morgan fingerprint density at radius 3 is 2.81 bits per heavy atom. The highest BCUT2D eigenvalue weighted by molar-refractivity contribution is 5.85. The molecule has 0 saturated carbocycles. The molecule has 0 amide bonds. The van der Waals surface area contributed by atoms with E-state index in [-0.39, 0.29) is 24.4 Å². The fourth-order valence-corrected chi connectivity index (χ4v) is 4.38. The summed E-state index contributed by atoms with van der Waals surface area (Å²) in [5, 5.41) is 13.2. The predicted molar refractivity (Wildman–Crippen MR) is 126 cm³/mol. The first-order valence-corrected chi connectivity index (χ1v) is 11.2. The van der Waals surface area contributed by atoms with Crippen molar-refractivity contribution in [3.05, 3.63) is 36.4 Å². The number of rotatable bonds is 9. The van der Waals surface area contributed by atoms with E-state index in [0.29, 0.717) is 11.7 Å². The number of aryl methyl sites for hydroxylation is 1. The number of hydrogen-bond donors (Lipinski definition) is 2. The number of guanidine groups is 1. The molecule has 0 unspecified atom stereocenters. The summed E-state index contributed by atoms with van der Waals surface area (Å²) in [6.07, 6.45) is 11.8. The Morgan fingerprint density at radius 1 is 1.19 bits per heavy atom. The van der Waals surface area contributed by atoms with Gasteiger partial charge in [0.2, 0.25) is 11.7 Å². The van der Waals surface area contributed by atoms with Crippen LogP contribution in [0.25, 0.3) is 22.3 Å². The number of nitrogens with one attached hydrogen (secondary N) is 1. The molecule has 3 heterocycles. The summed E-state index contributed by atoms with van der Waals surface area (Å²) in [5.74, 6) is 1.20. The second-order valence-electron chi connectivity index (χ2n) is 8.24. The van der Waals surface area contributed by atoms with E-state index in [9.17, 15) is 0 Å². The van der Waals surface area contributed by atoms with Crippen LogP contribution in [0.4, 0.5) is 0 Å². The second-order valence-corrected chi connectivity index (χ2v) is 8.24. The first-order chi connectivity index (χ1) is 14.7. The van der Waals surface area contributed by atoms with Crippen molar-refractivity contribution in [1.29, 1.82) is 5.41 Å². The lowest BCUT2D eigenvalue weighted by atomic mass is 10.1. The lowest BCUT2D eigenvalue weighted by Gasteiger charge is -2.21. The molecule has 8 heteroatoms. The monoisotopic (exact) mass is 444 g/mol. The molecule has 0 spiro atoms. The van der Waals surface area contributed by atoms with E-state index in [1.54, 1.807) is 0 Å². The summed E-state index contributed by atoms with van der Waals surface area (Å²) in [6, 6.07) is 8.39. The molecule has 31 heavy (non-hydrogen) atoms. The number of nitrogens with two attached hydrogens (primary N) is 1. The van der Waals surface area contributed by atoms with E-state index in [1.807, 2.05) is 11.0 Å². The molecule has 3 aromatic rings. The molecule has 0 radical (unpaired) electrons. The molecule has 2 aromatic heterocycles. The number of fused-ring (bicyclic) bond motifs is 1. The number of benzene rings is 1. The second kappa shape index (κ2) is 10.7. The van der Waals surface area contributed by atoms with Gasteiger partial charge in [-0.1, -0.05) is 56.3 Å². The molecule has 168 valence electrons. The van der Waals surface area contributed by atoms with Crippen LogP contribution < -0.4 is 5.73 Å². The van der Waals surface area contributed by atoms with Crippen LogP contribution in [-0.2, 0) is 6.54 Å². The van der Waals surface area contributed by atoms with Crippen molar-refractivity contribution in [3.63, 3.8) is 0 Å². The summed E-state index contributed by atoms with van der Waals surface area (Å²) < 4.78 is 7.88. The van der Waals surface area contributed by atoms with Gasteiger partial charge in [0.05, 0.1) is 0 Å². The molecule has 1 aliphatic heterocycles.